The van der Waals surface area contributed by atoms with Gasteiger partial charge in [-0.05, 0) is 24.3 Å². The molecule has 5 aromatic heterocycles. The van der Waals surface area contributed by atoms with Gasteiger partial charge in [0.25, 0.3) is 5.56 Å². The number of pyridine rings is 1. The van der Waals surface area contributed by atoms with Gasteiger partial charge in [-0.1, -0.05) is 25.4 Å². The fourth-order valence-electron chi connectivity index (χ4n) is 3.24. The second-order valence-corrected chi connectivity index (χ2v) is 8.60. The zero-order chi connectivity index (χ0) is 20.1. The molecule has 8 nitrogen and oxygen atoms in total. The van der Waals surface area contributed by atoms with Crippen molar-refractivity contribution >= 4 is 38.7 Å². The molecule has 0 atom stereocenters. The van der Waals surface area contributed by atoms with Gasteiger partial charge in [0, 0.05) is 18.3 Å². The summed E-state index contributed by atoms with van der Waals surface area (Å²) in [5.41, 5.74) is 1.93. The molecule has 5 heterocycles. The van der Waals surface area contributed by atoms with E-state index in [9.17, 15) is 4.79 Å². The van der Waals surface area contributed by atoms with Crippen LogP contribution in [-0.2, 0) is 6.54 Å². The Morgan fingerprint density at radius 1 is 1.24 bits per heavy atom. The molecule has 146 valence electrons. The monoisotopic (exact) mass is 426 g/mol. The van der Waals surface area contributed by atoms with Crippen molar-refractivity contribution in [3.63, 3.8) is 0 Å². The van der Waals surface area contributed by atoms with Crippen molar-refractivity contribution in [2.75, 3.05) is 0 Å². The maximum atomic E-state index is 13.1. The van der Waals surface area contributed by atoms with Crippen molar-refractivity contribution in [3.8, 4) is 11.5 Å². The number of rotatable bonds is 4. The molecule has 0 aromatic carbocycles. The van der Waals surface area contributed by atoms with Crippen molar-refractivity contribution in [3.05, 3.63) is 63.1 Å². The summed E-state index contributed by atoms with van der Waals surface area (Å²) in [5, 5.41) is 12.7. The Morgan fingerprint density at radius 3 is 2.86 bits per heavy atom. The first-order chi connectivity index (χ1) is 14.0. The lowest BCUT2D eigenvalue weighted by molar-refractivity contribution is 0.458. The van der Waals surface area contributed by atoms with E-state index in [0.29, 0.717) is 27.2 Å². The van der Waals surface area contributed by atoms with E-state index in [0.717, 1.165) is 16.0 Å². The normalized spacial score (nSPS) is 11.9. The Bertz CT molecular complexity index is 1400. The third-order valence-electron chi connectivity index (χ3n) is 4.54. The Hall–Kier alpha value is -3.04. The van der Waals surface area contributed by atoms with Crippen LogP contribution in [0.5, 0.6) is 0 Å². The number of nitrogens with zero attached hydrogens (tertiary/aromatic N) is 6. The second-order valence-electron chi connectivity index (χ2n) is 6.88. The molecule has 0 saturated heterocycles. The van der Waals surface area contributed by atoms with Crippen molar-refractivity contribution in [1.82, 2.24) is 29.4 Å². The van der Waals surface area contributed by atoms with Gasteiger partial charge in [-0.3, -0.25) is 14.2 Å². The number of thiophene rings is 1. The maximum absolute atomic E-state index is 13.1. The molecule has 5 rings (SSSR count). The predicted molar refractivity (Wildman–Crippen MR) is 111 cm³/mol. The molecular formula is C19H15ClN6O2S. The number of hydrogen-bond donors (Lipinski definition) is 0. The highest BCUT2D eigenvalue weighted by atomic mass is 35.5. The highest BCUT2D eigenvalue weighted by Gasteiger charge is 2.19. The first-order valence-corrected chi connectivity index (χ1v) is 10.1. The molecule has 0 aliphatic heterocycles. The van der Waals surface area contributed by atoms with E-state index in [2.05, 4.69) is 20.3 Å². The van der Waals surface area contributed by atoms with Crippen LogP contribution in [-0.4, -0.2) is 29.4 Å². The summed E-state index contributed by atoms with van der Waals surface area (Å²) in [6.07, 6.45) is 3.31. The topological polar surface area (TPSA) is 91.1 Å². The predicted octanol–water partition coefficient (Wildman–Crippen LogP) is 3.98. The molecule has 0 radical (unpaired) electrons. The molecule has 0 aliphatic carbocycles. The molecule has 29 heavy (non-hydrogen) atoms. The van der Waals surface area contributed by atoms with Crippen molar-refractivity contribution in [1.29, 1.82) is 0 Å². The van der Waals surface area contributed by atoms with E-state index in [-0.39, 0.29) is 18.0 Å². The standard InChI is InChI=1S/C19H15ClN6O2S/c1-10(2)17-24-25(9-16-22-23-18(28-16)11-4-3-5-21-8-11)19(27)13-6-14-12(26(13)17)7-15(20)29-14/h3-8,10H,9H2,1-2H3. The number of halogens is 1. The average molecular weight is 427 g/mol. The minimum Gasteiger partial charge on any atom is -0.419 e. The quantitative estimate of drug-likeness (QED) is 0.431. The lowest BCUT2D eigenvalue weighted by Gasteiger charge is -2.12. The van der Waals surface area contributed by atoms with Crippen LogP contribution in [0.25, 0.3) is 27.2 Å². The van der Waals surface area contributed by atoms with Crippen LogP contribution in [0.2, 0.25) is 4.34 Å². The Morgan fingerprint density at radius 2 is 2.10 bits per heavy atom. The van der Waals surface area contributed by atoms with Gasteiger partial charge in [0.05, 0.1) is 20.1 Å². The van der Waals surface area contributed by atoms with Gasteiger partial charge < -0.3 is 4.42 Å². The van der Waals surface area contributed by atoms with Crippen molar-refractivity contribution in [2.45, 2.75) is 26.3 Å². The molecular weight excluding hydrogens is 412 g/mol. The summed E-state index contributed by atoms with van der Waals surface area (Å²) >= 11 is 7.60. The third-order valence-corrected chi connectivity index (χ3v) is 5.74. The first-order valence-electron chi connectivity index (χ1n) is 8.95. The van der Waals surface area contributed by atoms with Gasteiger partial charge in [0.2, 0.25) is 11.8 Å². The SMILES string of the molecule is CC(C)c1nn(Cc2nnc(-c3cccnc3)o2)c(=O)c2cc3sc(Cl)cc3n12. The van der Waals surface area contributed by atoms with Crippen molar-refractivity contribution in [2.24, 2.45) is 0 Å². The summed E-state index contributed by atoms with van der Waals surface area (Å²) in [5.74, 6) is 1.50. The Labute approximate surface area is 173 Å². The minimum atomic E-state index is -0.227. The van der Waals surface area contributed by atoms with E-state index in [1.54, 1.807) is 18.5 Å². The summed E-state index contributed by atoms with van der Waals surface area (Å²) < 4.78 is 10.6. The Kier molecular flexibility index (Phi) is 4.21. The van der Waals surface area contributed by atoms with Crippen LogP contribution >= 0.6 is 22.9 Å². The molecule has 10 heteroatoms. The lowest BCUT2D eigenvalue weighted by Crippen LogP contribution is -2.28. The molecule has 0 fully saturated rings. The molecule has 0 aliphatic rings. The van der Waals surface area contributed by atoms with Gasteiger partial charge in [-0.15, -0.1) is 21.5 Å². The van der Waals surface area contributed by atoms with Crippen LogP contribution in [0.1, 0.15) is 31.5 Å². The largest absolute Gasteiger partial charge is 0.419 e. The highest BCUT2D eigenvalue weighted by Crippen LogP contribution is 2.32. The first kappa shape index (κ1) is 18.0. The smallest absolute Gasteiger partial charge is 0.291 e. The highest BCUT2D eigenvalue weighted by molar-refractivity contribution is 7.22. The summed E-state index contributed by atoms with van der Waals surface area (Å²) in [4.78, 5) is 17.1. The van der Waals surface area contributed by atoms with E-state index in [4.69, 9.17) is 16.0 Å². The van der Waals surface area contributed by atoms with Gasteiger partial charge in [-0.2, -0.15) is 5.10 Å². The van der Waals surface area contributed by atoms with Crippen molar-refractivity contribution < 1.29 is 4.42 Å². The number of fused-ring (bicyclic) bond motifs is 3. The van der Waals surface area contributed by atoms with Crippen LogP contribution in [0.15, 0.2) is 45.9 Å². The van der Waals surface area contributed by atoms with Crippen LogP contribution in [0, 0.1) is 0 Å². The second kappa shape index (κ2) is 6.78. The summed E-state index contributed by atoms with van der Waals surface area (Å²) in [6, 6.07) is 7.34. The molecule has 0 amide bonds. The van der Waals surface area contributed by atoms with E-state index < -0.39 is 0 Å². The van der Waals surface area contributed by atoms with E-state index in [1.807, 2.05) is 36.4 Å². The van der Waals surface area contributed by atoms with E-state index in [1.165, 1.54) is 16.0 Å². The third kappa shape index (κ3) is 3.02. The van der Waals surface area contributed by atoms with E-state index >= 15 is 0 Å². The average Bonchev–Trinajstić information content (AvgIpc) is 3.39. The minimum absolute atomic E-state index is 0.0852. The fraction of sp³-hybridized carbons (Fsp3) is 0.211. The Balaban J connectivity index is 1.61. The zero-order valence-corrected chi connectivity index (χ0v) is 17.1. The van der Waals surface area contributed by atoms with Gasteiger partial charge in [0.15, 0.2) is 0 Å². The molecule has 0 unspecified atom stereocenters. The molecule has 0 spiro atoms. The zero-order valence-electron chi connectivity index (χ0n) is 15.5. The van der Waals surface area contributed by atoms with Crippen LogP contribution in [0.3, 0.4) is 0 Å². The number of aromatic nitrogens is 6. The van der Waals surface area contributed by atoms with Gasteiger partial charge in [0.1, 0.15) is 17.9 Å². The molecule has 5 aromatic rings. The van der Waals surface area contributed by atoms with Crippen LogP contribution < -0.4 is 5.56 Å². The fourth-order valence-corrected chi connectivity index (χ4v) is 4.40. The molecule has 0 N–H and O–H groups in total. The molecule has 0 bridgehead atoms. The lowest BCUT2D eigenvalue weighted by atomic mass is 10.2. The van der Waals surface area contributed by atoms with Crippen LogP contribution in [0.4, 0.5) is 0 Å². The number of hydrogen-bond acceptors (Lipinski definition) is 7. The summed E-state index contributed by atoms with van der Waals surface area (Å²) in [7, 11) is 0. The van der Waals surface area contributed by atoms with Gasteiger partial charge >= 0.3 is 0 Å². The molecule has 0 saturated carbocycles. The van der Waals surface area contributed by atoms with Gasteiger partial charge in [-0.25, -0.2) is 4.68 Å². The maximum Gasteiger partial charge on any atom is 0.291 e. The summed E-state index contributed by atoms with van der Waals surface area (Å²) in [6.45, 7) is 4.15.